The lowest BCUT2D eigenvalue weighted by atomic mass is 9.97. The van der Waals surface area contributed by atoms with E-state index in [2.05, 4.69) is 9.97 Å². The summed E-state index contributed by atoms with van der Waals surface area (Å²) in [6, 6.07) is 8.02. The van der Waals surface area contributed by atoms with Gasteiger partial charge in [-0.2, -0.15) is 0 Å². The zero-order valence-corrected chi connectivity index (χ0v) is 20.1. The lowest BCUT2D eigenvalue weighted by Crippen LogP contribution is -2.41. The second-order valence-corrected chi connectivity index (χ2v) is 10.9. The van der Waals surface area contributed by atoms with Crippen molar-refractivity contribution in [1.82, 2.24) is 14.7 Å². The number of nitrogens with zero attached hydrogens (tertiary/aromatic N) is 2. The number of carbonyl (C=O) groups is 1. The minimum absolute atomic E-state index is 0.0799. The van der Waals surface area contributed by atoms with Crippen LogP contribution in [0.5, 0.6) is 0 Å². The highest BCUT2D eigenvalue weighted by molar-refractivity contribution is 7.90. The summed E-state index contributed by atoms with van der Waals surface area (Å²) in [5.41, 5.74) is -1.41. The predicted molar refractivity (Wildman–Crippen MR) is 127 cm³/mol. The number of amides is 1. The Hall–Kier alpha value is -3.60. The van der Waals surface area contributed by atoms with Crippen LogP contribution in [0.2, 0.25) is 0 Å². The third-order valence-corrected chi connectivity index (χ3v) is 7.31. The van der Waals surface area contributed by atoms with Crippen LogP contribution in [0, 0.1) is 17.6 Å². The van der Waals surface area contributed by atoms with Gasteiger partial charge in [-0.15, -0.1) is 0 Å². The summed E-state index contributed by atoms with van der Waals surface area (Å²) >= 11 is 0. The van der Waals surface area contributed by atoms with Gasteiger partial charge < -0.3 is 9.88 Å². The van der Waals surface area contributed by atoms with Crippen LogP contribution in [0.1, 0.15) is 37.6 Å². The molecule has 2 N–H and O–H groups in total. The topological polar surface area (TPSA) is 112 Å². The van der Waals surface area contributed by atoms with Gasteiger partial charge in [-0.3, -0.25) is 9.59 Å². The Morgan fingerprint density at radius 2 is 1.94 bits per heavy atom. The summed E-state index contributed by atoms with van der Waals surface area (Å²) in [5, 5.41) is 0. The summed E-state index contributed by atoms with van der Waals surface area (Å²) in [7, 11) is -4.49. The van der Waals surface area contributed by atoms with Crippen molar-refractivity contribution >= 4 is 21.7 Å². The molecule has 2 aromatic heterocycles. The van der Waals surface area contributed by atoms with Crippen LogP contribution in [0.3, 0.4) is 0 Å². The minimum Gasteiger partial charge on any atom is -0.351 e. The number of benzene rings is 1. The molecule has 11 heteroatoms. The van der Waals surface area contributed by atoms with Crippen molar-refractivity contribution in [2.24, 2.45) is 5.92 Å². The monoisotopic (exact) mass is 502 g/mol. The molecule has 1 atom stereocenters. The van der Waals surface area contributed by atoms with Gasteiger partial charge in [-0.05, 0) is 68.7 Å². The number of pyridine rings is 2. The van der Waals surface area contributed by atoms with Crippen LogP contribution in [0.15, 0.2) is 58.4 Å². The Morgan fingerprint density at radius 1 is 1.20 bits per heavy atom. The van der Waals surface area contributed by atoms with Crippen molar-refractivity contribution in [2.75, 3.05) is 11.4 Å². The van der Waals surface area contributed by atoms with Crippen LogP contribution < -0.4 is 15.2 Å². The van der Waals surface area contributed by atoms with Gasteiger partial charge in [0.05, 0.1) is 11.3 Å². The van der Waals surface area contributed by atoms with E-state index in [-0.39, 0.29) is 28.6 Å². The number of aromatic nitrogens is 2. The summed E-state index contributed by atoms with van der Waals surface area (Å²) in [6.07, 6.45) is 2.04. The van der Waals surface area contributed by atoms with Crippen LogP contribution in [0.25, 0.3) is 11.3 Å². The second kappa shape index (κ2) is 8.88. The second-order valence-electron chi connectivity index (χ2n) is 9.22. The van der Waals surface area contributed by atoms with E-state index >= 15 is 0 Å². The van der Waals surface area contributed by atoms with Crippen molar-refractivity contribution in [3.8, 4) is 11.3 Å². The first-order valence-electron chi connectivity index (χ1n) is 10.9. The molecule has 8 nitrogen and oxygen atoms in total. The van der Waals surface area contributed by atoms with Crippen molar-refractivity contribution in [3.63, 3.8) is 0 Å². The van der Waals surface area contributed by atoms with Gasteiger partial charge >= 0.3 is 0 Å². The van der Waals surface area contributed by atoms with Gasteiger partial charge in [0.1, 0.15) is 17.5 Å². The normalized spacial score (nSPS) is 17.4. The molecule has 0 bridgehead atoms. The maximum Gasteiger partial charge on any atom is 0.269 e. The number of carbonyl (C=O) groups excluding carboxylic acids is 1. The first-order chi connectivity index (χ1) is 16.4. The number of hydrogen-bond acceptors (Lipinski definition) is 6. The molecule has 0 radical (unpaired) electrons. The molecule has 1 aromatic carbocycles. The third-order valence-electron chi connectivity index (χ3n) is 5.95. The van der Waals surface area contributed by atoms with E-state index in [1.807, 2.05) is 30.4 Å². The molecule has 35 heavy (non-hydrogen) atoms. The van der Waals surface area contributed by atoms with Crippen LogP contribution in [-0.4, -0.2) is 36.4 Å². The summed E-state index contributed by atoms with van der Waals surface area (Å²) in [4.78, 5) is 33.1. The molecule has 4 rings (SSSR count). The average Bonchev–Trinajstić information content (AvgIpc) is 3.06. The minimum atomic E-state index is -4.49. The van der Waals surface area contributed by atoms with E-state index in [0.29, 0.717) is 6.54 Å². The zero-order chi connectivity index (χ0) is 25.5. The maximum atomic E-state index is 14.5. The average molecular weight is 503 g/mol. The molecule has 1 aliphatic rings. The summed E-state index contributed by atoms with van der Waals surface area (Å²) < 4.78 is 55.7. The zero-order valence-electron chi connectivity index (χ0n) is 19.3. The number of aromatic amines is 1. The molecule has 0 unspecified atom stereocenters. The van der Waals surface area contributed by atoms with E-state index in [1.54, 1.807) is 0 Å². The number of rotatable bonds is 5. The number of anilines is 1. The summed E-state index contributed by atoms with van der Waals surface area (Å²) in [6.45, 7) is 6.45. The lowest BCUT2D eigenvalue weighted by molar-refractivity contribution is 0.0981. The number of sulfonamides is 1. The quantitative estimate of drug-likeness (QED) is 0.553. The number of H-pyrrole nitrogens is 1. The van der Waals surface area contributed by atoms with E-state index < -0.39 is 43.6 Å². The fourth-order valence-corrected chi connectivity index (χ4v) is 5.51. The van der Waals surface area contributed by atoms with Gasteiger partial charge in [-0.25, -0.2) is 26.9 Å². The molecule has 1 saturated heterocycles. The van der Waals surface area contributed by atoms with Gasteiger partial charge in [0.25, 0.3) is 21.5 Å². The Balaban J connectivity index is 1.82. The highest BCUT2D eigenvalue weighted by Crippen LogP contribution is 2.38. The number of nitrogens with one attached hydrogen (secondary N) is 2. The fourth-order valence-electron chi connectivity index (χ4n) is 4.48. The van der Waals surface area contributed by atoms with Crippen molar-refractivity contribution < 1.29 is 22.0 Å². The van der Waals surface area contributed by atoms with Gasteiger partial charge in [-0.1, -0.05) is 6.92 Å². The lowest BCUT2D eigenvalue weighted by Gasteiger charge is -2.34. The largest absolute Gasteiger partial charge is 0.351 e. The van der Waals surface area contributed by atoms with Crippen molar-refractivity contribution in [2.45, 2.75) is 37.6 Å². The van der Waals surface area contributed by atoms with E-state index in [4.69, 9.17) is 0 Å². The molecular formula is C24H24F2N4O4S. The predicted octanol–water partition coefficient (Wildman–Crippen LogP) is 3.46. The van der Waals surface area contributed by atoms with Crippen LogP contribution in [-0.2, 0) is 10.0 Å². The molecule has 184 valence electrons. The van der Waals surface area contributed by atoms with Gasteiger partial charge in [0.2, 0.25) is 0 Å². The van der Waals surface area contributed by atoms with Gasteiger partial charge in [0, 0.05) is 23.8 Å². The first-order valence-corrected chi connectivity index (χ1v) is 12.4. The van der Waals surface area contributed by atoms with E-state index in [0.717, 1.165) is 30.7 Å². The standard InChI is InChI=1S/C24H24F2N4O4S/c1-14-12-24(2,3)30(13-14)21-16(7-9-19(28-21)17-11-15(25)6-8-18(17)26)22(31)29-35(33,34)20-5-4-10-27-23(20)32/h4-11,14H,12-13H2,1-3H3,(H,27,32)(H,29,31)/t14-/m0/s1. The Morgan fingerprint density at radius 3 is 2.60 bits per heavy atom. The fraction of sp³-hybridized carbons (Fsp3) is 0.292. The molecule has 0 saturated carbocycles. The first kappa shape index (κ1) is 24.5. The molecule has 0 aliphatic carbocycles. The number of hydrogen-bond donors (Lipinski definition) is 2. The molecule has 3 aromatic rings. The Bertz CT molecular complexity index is 1470. The van der Waals surface area contributed by atoms with Crippen molar-refractivity contribution in [1.29, 1.82) is 0 Å². The molecular weight excluding hydrogens is 478 g/mol. The Labute approximate surface area is 201 Å². The molecule has 0 spiro atoms. The number of halogens is 2. The molecule has 1 amide bonds. The molecule has 1 aliphatic heterocycles. The SMILES string of the molecule is C[C@@H]1CN(c2nc(-c3cc(F)ccc3F)ccc2C(=O)NS(=O)(=O)c2ccc[nH]c2=O)C(C)(C)C1. The third kappa shape index (κ3) is 4.81. The van der Waals surface area contributed by atoms with E-state index in [9.17, 15) is 26.8 Å². The highest BCUT2D eigenvalue weighted by atomic mass is 32.2. The van der Waals surface area contributed by atoms with Crippen molar-refractivity contribution in [3.05, 3.63) is 76.2 Å². The highest BCUT2D eigenvalue weighted by Gasteiger charge is 2.39. The Kier molecular flexibility index (Phi) is 6.22. The maximum absolute atomic E-state index is 14.5. The van der Waals surface area contributed by atoms with Crippen LogP contribution >= 0.6 is 0 Å². The summed E-state index contributed by atoms with van der Waals surface area (Å²) in [5.74, 6) is -1.97. The van der Waals surface area contributed by atoms with Gasteiger partial charge in [0.15, 0.2) is 4.90 Å². The molecule has 1 fully saturated rings. The molecule has 3 heterocycles. The van der Waals surface area contributed by atoms with E-state index in [1.165, 1.54) is 24.4 Å². The smallest absolute Gasteiger partial charge is 0.269 e. The van der Waals surface area contributed by atoms with Crippen LogP contribution in [0.4, 0.5) is 14.6 Å².